The number of nitrogens with two attached hydrogens (primary N) is 1. The van der Waals surface area contributed by atoms with Crippen LogP contribution < -0.4 is 5.73 Å². The zero-order valence-corrected chi connectivity index (χ0v) is 9.52. The molecule has 1 aliphatic rings. The standard InChI is InChI=1S/C12H21N3/c1-15-9-11(8-14-15)6-10-4-2-3-5-12(13)7-10/h8-10,12H,2-7,13H2,1H3. The minimum atomic E-state index is 0.425. The van der Waals surface area contributed by atoms with Gasteiger partial charge in [0.1, 0.15) is 0 Å². The van der Waals surface area contributed by atoms with Crippen LogP contribution >= 0.6 is 0 Å². The molecular weight excluding hydrogens is 186 g/mol. The first kappa shape index (κ1) is 10.7. The summed E-state index contributed by atoms with van der Waals surface area (Å²) in [5, 5.41) is 4.21. The Morgan fingerprint density at radius 1 is 1.47 bits per heavy atom. The van der Waals surface area contributed by atoms with E-state index >= 15 is 0 Å². The summed E-state index contributed by atoms with van der Waals surface area (Å²) in [5.74, 6) is 0.770. The lowest BCUT2D eigenvalue weighted by atomic mass is 9.92. The molecule has 1 fully saturated rings. The van der Waals surface area contributed by atoms with Gasteiger partial charge in [-0.05, 0) is 30.7 Å². The maximum atomic E-state index is 6.06. The van der Waals surface area contributed by atoms with Crippen LogP contribution in [0.1, 0.15) is 37.7 Å². The van der Waals surface area contributed by atoms with Crippen molar-refractivity contribution >= 4 is 0 Å². The van der Waals surface area contributed by atoms with Crippen molar-refractivity contribution in [2.75, 3.05) is 0 Å². The van der Waals surface area contributed by atoms with Crippen LogP contribution in [0.25, 0.3) is 0 Å². The van der Waals surface area contributed by atoms with Crippen LogP contribution in [0, 0.1) is 5.92 Å². The smallest absolute Gasteiger partial charge is 0.0521 e. The van der Waals surface area contributed by atoms with E-state index in [-0.39, 0.29) is 0 Å². The Morgan fingerprint density at radius 3 is 3.00 bits per heavy atom. The Balaban J connectivity index is 1.92. The van der Waals surface area contributed by atoms with Gasteiger partial charge in [0.25, 0.3) is 0 Å². The Hall–Kier alpha value is -0.830. The van der Waals surface area contributed by atoms with Crippen molar-refractivity contribution < 1.29 is 0 Å². The largest absolute Gasteiger partial charge is 0.328 e. The molecule has 1 aromatic heterocycles. The van der Waals surface area contributed by atoms with Crippen LogP contribution in [0.3, 0.4) is 0 Å². The molecule has 2 atom stereocenters. The lowest BCUT2D eigenvalue weighted by Crippen LogP contribution is -2.22. The topological polar surface area (TPSA) is 43.8 Å². The SMILES string of the molecule is Cn1cc(CC2CCCCC(N)C2)cn1. The van der Waals surface area contributed by atoms with Gasteiger partial charge < -0.3 is 5.73 Å². The van der Waals surface area contributed by atoms with Crippen molar-refractivity contribution in [2.45, 2.75) is 44.6 Å². The summed E-state index contributed by atoms with van der Waals surface area (Å²) >= 11 is 0. The summed E-state index contributed by atoms with van der Waals surface area (Å²) < 4.78 is 1.88. The average Bonchev–Trinajstić information content (AvgIpc) is 2.46. The molecule has 3 heteroatoms. The molecule has 84 valence electrons. The van der Waals surface area contributed by atoms with Gasteiger partial charge in [-0.3, -0.25) is 4.68 Å². The van der Waals surface area contributed by atoms with E-state index in [9.17, 15) is 0 Å². The Morgan fingerprint density at radius 2 is 2.27 bits per heavy atom. The van der Waals surface area contributed by atoms with E-state index in [1.54, 1.807) is 0 Å². The van der Waals surface area contributed by atoms with Crippen LogP contribution in [0.2, 0.25) is 0 Å². The molecular formula is C12H21N3. The lowest BCUT2D eigenvalue weighted by Gasteiger charge is -2.15. The summed E-state index contributed by atoms with van der Waals surface area (Å²) in [6.45, 7) is 0. The molecule has 0 radical (unpaired) electrons. The molecule has 0 amide bonds. The van der Waals surface area contributed by atoms with E-state index < -0.39 is 0 Å². The van der Waals surface area contributed by atoms with Gasteiger partial charge in [0, 0.05) is 19.3 Å². The molecule has 1 aliphatic carbocycles. The predicted octanol–water partition coefficient (Wildman–Crippen LogP) is 1.87. The Kier molecular flexibility index (Phi) is 3.41. The van der Waals surface area contributed by atoms with E-state index in [2.05, 4.69) is 11.3 Å². The second-order valence-corrected chi connectivity index (χ2v) is 4.87. The highest BCUT2D eigenvalue weighted by molar-refractivity contribution is 5.05. The molecule has 0 saturated heterocycles. The summed E-state index contributed by atoms with van der Waals surface area (Å²) in [4.78, 5) is 0. The van der Waals surface area contributed by atoms with Gasteiger partial charge in [-0.15, -0.1) is 0 Å². The molecule has 0 spiro atoms. The monoisotopic (exact) mass is 207 g/mol. The van der Waals surface area contributed by atoms with Crippen LogP contribution in [-0.4, -0.2) is 15.8 Å². The van der Waals surface area contributed by atoms with Gasteiger partial charge in [0.2, 0.25) is 0 Å². The number of rotatable bonds is 2. The number of aryl methyl sites for hydroxylation is 1. The number of nitrogens with zero attached hydrogens (tertiary/aromatic N) is 2. The summed E-state index contributed by atoms with van der Waals surface area (Å²) in [6.07, 6.45) is 11.7. The third-order valence-electron chi connectivity index (χ3n) is 3.36. The van der Waals surface area contributed by atoms with Crippen LogP contribution in [0.15, 0.2) is 12.4 Å². The van der Waals surface area contributed by atoms with Crippen molar-refractivity contribution in [3.8, 4) is 0 Å². The third-order valence-corrected chi connectivity index (χ3v) is 3.36. The molecule has 1 aromatic rings. The number of hydrogen-bond acceptors (Lipinski definition) is 2. The molecule has 2 unspecified atom stereocenters. The Bertz CT molecular complexity index is 306. The third kappa shape index (κ3) is 3.06. The zero-order chi connectivity index (χ0) is 10.7. The predicted molar refractivity (Wildman–Crippen MR) is 61.5 cm³/mol. The van der Waals surface area contributed by atoms with Crippen molar-refractivity contribution in [1.82, 2.24) is 9.78 Å². The average molecular weight is 207 g/mol. The van der Waals surface area contributed by atoms with Gasteiger partial charge in [-0.1, -0.05) is 19.3 Å². The highest BCUT2D eigenvalue weighted by Gasteiger charge is 2.18. The molecule has 0 aliphatic heterocycles. The summed E-state index contributed by atoms with van der Waals surface area (Å²) in [6, 6.07) is 0.425. The summed E-state index contributed by atoms with van der Waals surface area (Å²) in [7, 11) is 1.97. The van der Waals surface area contributed by atoms with Crippen molar-refractivity contribution in [1.29, 1.82) is 0 Å². The van der Waals surface area contributed by atoms with Gasteiger partial charge in [-0.2, -0.15) is 5.10 Å². The normalized spacial score (nSPS) is 27.6. The molecule has 2 N–H and O–H groups in total. The molecule has 15 heavy (non-hydrogen) atoms. The van der Waals surface area contributed by atoms with E-state index in [1.807, 2.05) is 17.9 Å². The quantitative estimate of drug-likeness (QED) is 0.752. The highest BCUT2D eigenvalue weighted by atomic mass is 15.2. The minimum Gasteiger partial charge on any atom is -0.328 e. The zero-order valence-electron chi connectivity index (χ0n) is 9.52. The van der Waals surface area contributed by atoms with Crippen LogP contribution in [0.4, 0.5) is 0 Å². The number of aromatic nitrogens is 2. The fourth-order valence-electron chi connectivity index (χ4n) is 2.60. The first-order valence-corrected chi connectivity index (χ1v) is 5.97. The van der Waals surface area contributed by atoms with E-state index in [1.165, 1.54) is 37.7 Å². The van der Waals surface area contributed by atoms with Crippen molar-refractivity contribution in [3.63, 3.8) is 0 Å². The maximum Gasteiger partial charge on any atom is 0.0521 e. The first-order chi connectivity index (χ1) is 7.24. The van der Waals surface area contributed by atoms with Gasteiger partial charge >= 0.3 is 0 Å². The Labute approximate surface area is 91.7 Å². The fraction of sp³-hybridized carbons (Fsp3) is 0.750. The van der Waals surface area contributed by atoms with E-state index in [0.29, 0.717) is 6.04 Å². The lowest BCUT2D eigenvalue weighted by molar-refractivity contribution is 0.431. The van der Waals surface area contributed by atoms with Gasteiger partial charge in [0.05, 0.1) is 6.20 Å². The fourth-order valence-corrected chi connectivity index (χ4v) is 2.60. The number of hydrogen-bond donors (Lipinski definition) is 1. The van der Waals surface area contributed by atoms with Gasteiger partial charge in [0.15, 0.2) is 0 Å². The molecule has 1 saturated carbocycles. The minimum absolute atomic E-state index is 0.425. The van der Waals surface area contributed by atoms with Gasteiger partial charge in [-0.25, -0.2) is 0 Å². The first-order valence-electron chi connectivity index (χ1n) is 5.97. The van der Waals surface area contributed by atoms with E-state index in [0.717, 1.165) is 12.3 Å². The molecule has 0 bridgehead atoms. The second-order valence-electron chi connectivity index (χ2n) is 4.87. The second kappa shape index (κ2) is 4.79. The van der Waals surface area contributed by atoms with Crippen molar-refractivity contribution in [3.05, 3.63) is 18.0 Å². The van der Waals surface area contributed by atoms with Crippen LogP contribution in [-0.2, 0) is 13.5 Å². The molecule has 3 nitrogen and oxygen atoms in total. The maximum absolute atomic E-state index is 6.06. The van der Waals surface area contributed by atoms with E-state index in [4.69, 9.17) is 5.73 Å². The van der Waals surface area contributed by atoms with Crippen molar-refractivity contribution in [2.24, 2.45) is 18.7 Å². The summed E-state index contributed by atoms with van der Waals surface area (Å²) in [5.41, 5.74) is 7.42. The highest BCUT2D eigenvalue weighted by Crippen LogP contribution is 2.25. The van der Waals surface area contributed by atoms with Crippen LogP contribution in [0.5, 0.6) is 0 Å². The molecule has 2 rings (SSSR count). The molecule has 1 heterocycles. The molecule has 0 aromatic carbocycles.